The van der Waals surface area contributed by atoms with Crippen LogP contribution in [0.5, 0.6) is 0 Å². The topological polar surface area (TPSA) is 43.1 Å². The largest absolute Gasteiger partial charge is 0.274 e. The van der Waals surface area contributed by atoms with Crippen molar-refractivity contribution in [1.82, 2.24) is 19.4 Å². The average molecular weight is 447 g/mol. The highest BCUT2D eigenvalue weighted by molar-refractivity contribution is 6.16. The second-order valence-corrected chi connectivity index (χ2v) is 9.70. The Morgan fingerprint density at radius 1 is 0.657 bits per heavy atom. The van der Waals surface area contributed by atoms with Crippen molar-refractivity contribution in [2.24, 2.45) is 0 Å². The summed E-state index contributed by atoms with van der Waals surface area (Å²) in [5, 5.41) is 3.62. The SMILES string of the molecule is c1ccc2c(c1)Cc1cc3c(cc1-2)-c1ccc2c(c1C3)c1cccnc1n1c3cnccc3nc21. The van der Waals surface area contributed by atoms with Gasteiger partial charge in [-0.15, -0.1) is 0 Å². The molecule has 4 heteroatoms. The summed E-state index contributed by atoms with van der Waals surface area (Å²) in [5.74, 6) is 0. The van der Waals surface area contributed by atoms with Gasteiger partial charge in [-0.3, -0.25) is 9.38 Å². The van der Waals surface area contributed by atoms with Crippen LogP contribution in [-0.2, 0) is 12.8 Å². The van der Waals surface area contributed by atoms with Gasteiger partial charge in [0.1, 0.15) is 11.3 Å². The molecule has 0 N–H and O–H groups in total. The molecule has 2 aliphatic rings. The molecular formula is C31H18N4. The smallest absolute Gasteiger partial charge is 0.147 e. The zero-order valence-electron chi connectivity index (χ0n) is 18.8. The monoisotopic (exact) mass is 446 g/mol. The Morgan fingerprint density at radius 3 is 2.54 bits per heavy atom. The molecule has 2 aliphatic carbocycles. The van der Waals surface area contributed by atoms with Gasteiger partial charge in [-0.05, 0) is 87.7 Å². The summed E-state index contributed by atoms with van der Waals surface area (Å²) in [6, 6.07) is 24.5. The van der Waals surface area contributed by atoms with E-state index in [2.05, 4.69) is 64.0 Å². The van der Waals surface area contributed by atoms with E-state index in [0.717, 1.165) is 35.2 Å². The lowest BCUT2D eigenvalue weighted by molar-refractivity contribution is 1.21. The number of nitrogens with zero attached hydrogens (tertiary/aromatic N) is 4. The van der Waals surface area contributed by atoms with Crippen LogP contribution in [0.2, 0.25) is 0 Å². The van der Waals surface area contributed by atoms with Crippen molar-refractivity contribution in [1.29, 1.82) is 0 Å². The quantitative estimate of drug-likeness (QED) is 0.243. The van der Waals surface area contributed by atoms with Gasteiger partial charge >= 0.3 is 0 Å². The molecule has 9 rings (SSSR count). The van der Waals surface area contributed by atoms with E-state index in [1.807, 2.05) is 24.5 Å². The third kappa shape index (κ3) is 2.15. The number of benzene rings is 3. The minimum atomic E-state index is 0.936. The third-order valence-corrected chi connectivity index (χ3v) is 7.95. The second kappa shape index (κ2) is 6.10. The number of hydrogen-bond donors (Lipinski definition) is 0. The number of hydrogen-bond acceptors (Lipinski definition) is 3. The molecule has 162 valence electrons. The maximum Gasteiger partial charge on any atom is 0.147 e. The lowest BCUT2D eigenvalue weighted by atomic mass is 9.96. The van der Waals surface area contributed by atoms with Crippen LogP contribution < -0.4 is 0 Å². The minimum absolute atomic E-state index is 0.936. The summed E-state index contributed by atoms with van der Waals surface area (Å²) in [6.07, 6.45) is 7.53. The Hall–Kier alpha value is -4.57. The molecule has 0 aliphatic heterocycles. The molecular weight excluding hydrogens is 428 g/mol. The Kier molecular flexibility index (Phi) is 3.11. The molecule has 0 bridgehead atoms. The summed E-state index contributed by atoms with van der Waals surface area (Å²) in [4.78, 5) is 14.2. The van der Waals surface area contributed by atoms with E-state index in [1.54, 1.807) is 6.20 Å². The minimum Gasteiger partial charge on any atom is -0.274 e. The van der Waals surface area contributed by atoms with Gasteiger partial charge in [-0.2, -0.15) is 0 Å². The molecule has 0 saturated carbocycles. The van der Waals surface area contributed by atoms with Crippen molar-refractivity contribution in [3.05, 3.63) is 108 Å². The fraction of sp³-hybridized carbons (Fsp3) is 0.0645. The van der Waals surface area contributed by atoms with Gasteiger partial charge in [-0.25, -0.2) is 9.97 Å². The summed E-state index contributed by atoms with van der Waals surface area (Å²) in [7, 11) is 0. The third-order valence-electron chi connectivity index (χ3n) is 7.95. The van der Waals surface area contributed by atoms with Crippen LogP contribution in [-0.4, -0.2) is 19.4 Å². The molecule has 0 unspecified atom stereocenters. The van der Waals surface area contributed by atoms with Gasteiger partial charge < -0.3 is 0 Å². The Morgan fingerprint density at radius 2 is 1.54 bits per heavy atom. The van der Waals surface area contributed by atoms with E-state index in [4.69, 9.17) is 9.97 Å². The molecule has 3 aromatic carbocycles. The zero-order chi connectivity index (χ0) is 22.7. The van der Waals surface area contributed by atoms with Crippen LogP contribution in [0.1, 0.15) is 22.3 Å². The Labute approximate surface area is 200 Å². The van der Waals surface area contributed by atoms with E-state index in [9.17, 15) is 0 Å². The van der Waals surface area contributed by atoms with Gasteiger partial charge in [-0.1, -0.05) is 36.4 Å². The molecule has 0 saturated heterocycles. The molecule has 0 radical (unpaired) electrons. The number of aromatic nitrogens is 4. The molecule has 4 heterocycles. The first-order valence-electron chi connectivity index (χ1n) is 12.0. The highest BCUT2D eigenvalue weighted by Crippen LogP contribution is 2.47. The molecule has 0 amide bonds. The van der Waals surface area contributed by atoms with Crippen molar-refractivity contribution >= 4 is 38.5 Å². The first kappa shape index (κ1) is 17.8. The number of fused-ring (bicyclic) bond motifs is 15. The second-order valence-electron chi connectivity index (χ2n) is 9.70. The van der Waals surface area contributed by atoms with E-state index >= 15 is 0 Å². The van der Waals surface area contributed by atoms with Crippen LogP contribution in [0, 0.1) is 0 Å². The number of pyridine rings is 3. The molecule has 0 atom stereocenters. The predicted octanol–water partition coefficient (Wildman–Crippen LogP) is 6.73. The fourth-order valence-corrected chi connectivity index (χ4v) is 6.49. The molecule has 35 heavy (non-hydrogen) atoms. The van der Waals surface area contributed by atoms with Crippen LogP contribution >= 0.6 is 0 Å². The normalized spacial score (nSPS) is 13.5. The van der Waals surface area contributed by atoms with E-state index in [0.29, 0.717) is 0 Å². The van der Waals surface area contributed by atoms with Crippen molar-refractivity contribution in [3.8, 4) is 22.3 Å². The van der Waals surface area contributed by atoms with Gasteiger partial charge in [0.05, 0.1) is 17.2 Å². The lowest BCUT2D eigenvalue weighted by Gasteiger charge is -2.12. The van der Waals surface area contributed by atoms with Gasteiger partial charge in [0.25, 0.3) is 0 Å². The summed E-state index contributed by atoms with van der Waals surface area (Å²) in [6.45, 7) is 0. The Bertz CT molecular complexity index is 2070. The molecule has 7 aromatic rings. The van der Waals surface area contributed by atoms with E-state index in [1.165, 1.54) is 60.7 Å². The highest BCUT2D eigenvalue weighted by Gasteiger charge is 2.28. The maximum atomic E-state index is 5.03. The zero-order valence-corrected chi connectivity index (χ0v) is 18.8. The van der Waals surface area contributed by atoms with Gasteiger partial charge in [0, 0.05) is 28.6 Å². The first-order valence-corrected chi connectivity index (χ1v) is 12.0. The first-order chi connectivity index (χ1) is 17.3. The van der Waals surface area contributed by atoms with Gasteiger partial charge in [0.15, 0.2) is 0 Å². The van der Waals surface area contributed by atoms with Crippen LogP contribution in [0.4, 0.5) is 0 Å². The molecule has 0 fully saturated rings. The molecule has 0 spiro atoms. The lowest BCUT2D eigenvalue weighted by Crippen LogP contribution is -1.96. The van der Waals surface area contributed by atoms with Crippen molar-refractivity contribution < 1.29 is 0 Å². The van der Waals surface area contributed by atoms with Crippen molar-refractivity contribution in [3.63, 3.8) is 0 Å². The molecule has 4 nitrogen and oxygen atoms in total. The average Bonchev–Trinajstić information content (AvgIpc) is 3.58. The van der Waals surface area contributed by atoms with E-state index in [-0.39, 0.29) is 0 Å². The summed E-state index contributed by atoms with van der Waals surface area (Å²) in [5.41, 5.74) is 15.0. The van der Waals surface area contributed by atoms with Gasteiger partial charge in [0.2, 0.25) is 0 Å². The standard InChI is InChI=1S/C31H18N4/c1-2-5-20-17(4-1)12-18-13-19-14-26-21(25(19)15-24(18)20)7-8-23-29(26)22-6-3-10-33-30(22)35-28-16-32-11-9-27(28)34-31(23)35/h1-11,13,15-16H,12,14H2. The maximum absolute atomic E-state index is 5.03. The summed E-state index contributed by atoms with van der Waals surface area (Å²) >= 11 is 0. The Balaban J connectivity index is 1.40. The number of rotatable bonds is 0. The fourth-order valence-electron chi connectivity index (χ4n) is 6.49. The van der Waals surface area contributed by atoms with Crippen LogP contribution in [0.3, 0.4) is 0 Å². The number of imidazole rings is 1. The predicted molar refractivity (Wildman–Crippen MR) is 140 cm³/mol. The summed E-state index contributed by atoms with van der Waals surface area (Å²) < 4.78 is 2.17. The van der Waals surface area contributed by atoms with Crippen molar-refractivity contribution in [2.75, 3.05) is 0 Å². The van der Waals surface area contributed by atoms with E-state index < -0.39 is 0 Å². The van der Waals surface area contributed by atoms with Crippen LogP contribution in [0.25, 0.3) is 60.7 Å². The van der Waals surface area contributed by atoms with Crippen molar-refractivity contribution in [2.45, 2.75) is 12.8 Å². The highest BCUT2D eigenvalue weighted by atomic mass is 15.1. The molecule has 4 aromatic heterocycles. The van der Waals surface area contributed by atoms with Crippen LogP contribution in [0.15, 0.2) is 85.3 Å².